The van der Waals surface area contributed by atoms with Crippen LogP contribution in [0.25, 0.3) is 11.0 Å². The smallest absolute Gasteiger partial charge is 0.349 e. The van der Waals surface area contributed by atoms with Gasteiger partial charge in [-0.3, -0.25) is 4.79 Å². The van der Waals surface area contributed by atoms with Crippen molar-refractivity contribution in [1.82, 2.24) is 4.90 Å². The fourth-order valence-electron chi connectivity index (χ4n) is 5.25. The first kappa shape index (κ1) is 19.5. The number of carbonyl (C=O) groups is 1. The number of nitrogens with zero attached hydrogens (tertiary/aromatic N) is 1. The van der Waals surface area contributed by atoms with Gasteiger partial charge in [0.25, 0.3) is 5.91 Å². The normalized spacial score (nSPS) is 25.8. The first-order chi connectivity index (χ1) is 14.7. The van der Waals surface area contributed by atoms with Crippen molar-refractivity contribution in [2.24, 2.45) is 17.8 Å². The highest BCUT2D eigenvalue weighted by molar-refractivity contribution is 5.96. The van der Waals surface area contributed by atoms with Crippen LogP contribution in [0.2, 0.25) is 0 Å². The van der Waals surface area contributed by atoms with E-state index in [2.05, 4.69) is 12.2 Å². The van der Waals surface area contributed by atoms with E-state index in [1.54, 1.807) is 12.1 Å². The second-order valence-corrected chi connectivity index (χ2v) is 8.89. The first-order valence-electron chi connectivity index (χ1n) is 11.1. The molecule has 2 fully saturated rings. The molecule has 1 aromatic heterocycles. The lowest BCUT2D eigenvalue weighted by atomic mass is 9.93. The average Bonchev–Trinajstić information content (AvgIpc) is 3.40. The van der Waals surface area contributed by atoms with Gasteiger partial charge in [0, 0.05) is 11.9 Å². The van der Waals surface area contributed by atoms with Crippen LogP contribution >= 0.6 is 0 Å². The molecule has 1 aliphatic heterocycles. The van der Waals surface area contributed by atoms with Crippen LogP contribution in [0, 0.1) is 17.8 Å². The highest BCUT2D eigenvalue weighted by Gasteiger charge is 2.37. The summed E-state index contributed by atoms with van der Waals surface area (Å²) in [5.74, 6) is 1.51. The van der Waals surface area contributed by atoms with Gasteiger partial charge in [0.1, 0.15) is 24.2 Å². The quantitative estimate of drug-likeness (QED) is 0.578. The van der Waals surface area contributed by atoms with Crippen molar-refractivity contribution in [2.75, 3.05) is 45.9 Å². The number of morpholine rings is 1. The Morgan fingerprint density at radius 2 is 1.97 bits per heavy atom. The Balaban J connectivity index is 1.38. The molecular formula is C24H29N2O4+. The molecule has 0 unspecified atom stereocenters. The van der Waals surface area contributed by atoms with Crippen LogP contribution in [-0.2, 0) is 4.74 Å². The third-order valence-electron chi connectivity index (χ3n) is 6.97. The van der Waals surface area contributed by atoms with E-state index in [0.29, 0.717) is 36.4 Å². The van der Waals surface area contributed by atoms with Crippen molar-refractivity contribution >= 4 is 16.9 Å². The SMILES string of the molecule is O=C(c1cc2ccccc2oc1=O)N(CC[NH+]1CCOCC1)C[C@H]1C[C@H]2C=C[C@H]1C2. The van der Waals surface area contributed by atoms with Gasteiger partial charge in [0.15, 0.2) is 0 Å². The van der Waals surface area contributed by atoms with E-state index < -0.39 is 5.63 Å². The molecule has 2 bridgehead atoms. The summed E-state index contributed by atoms with van der Waals surface area (Å²) in [5, 5.41) is 0.780. The molecule has 1 saturated heterocycles. The van der Waals surface area contributed by atoms with E-state index in [1.165, 1.54) is 11.3 Å². The minimum Gasteiger partial charge on any atom is -0.422 e. The van der Waals surface area contributed by atoms with E-state index in [-0.39, 0.29) is 11.5 Å². The molecule has 6 nitrogen and oxygen atoms in total. The molecule has 2 heterocycles. The van der Waals surface area contributed by atoms with Gasteiger partial charge >= 0.3 is 5.63 Å². The Labute approximate surface area is 176 Å². The van der Waals surface area contributed by atoms with E-state index >= 15 is 0 Å². The number of para-hydroxylation sites is 1. The Morgan fingerprint density at radius 1 is 1.13 bits per heavy atom. The summed E-state index contributed by atoms with van der Waals surface area (Å²) in [6, 6.07) is 9.04. The minimum atomic E-state index is -0.546. The van der Waals surface area contributed by atoms with Crippen molar-refractivity contribution in [3.05, 3.63) is 58.5 Å². The van der Waals surface area contributed by atoms with Crippen LogP contribution in [0.1, 0.15) is 23.2 Å². The molecule has 1 saturated carbocycles. The summed E-state index contributed by atoms with van der Waals surface area (Å²) in [6.45, 7) is 5.72. The summed E-state index contributed by atoms with van der Waals surface area (Å²) in [7, 11) is 0. The molecule has 1 amide bonds. The second-order valence-electron chi connectivity index (χ2n) is 8.89. The number of nitrogens with one attached hydrogen (secondary N) is 1. The molecule has 1 N–H and O–H groups in total. The Hall–Kier alpha value is -2.44. The molecule has 2 aliphatic carbocycles. The Kier molecular flexibility index (Phi) is 5.44. The number of fused-ring (bicyclic) bond motifs is 3. The van der Waals surface area contributed by atoms with Gasteiger partial charge in [0.05, 0.1) is 26.3 Å². The van der Waals surface area contributed by atoms with Crippen molar-refractivity contribution in [3.63, 3.8) is 0 Å². The molecule has 3 atom stereocenters. The molecule has 30 heavy (non-hydrogen) atoms. The monoisotopic (exact) mass is 409 g/mol. The standard InChI is InChI=1S/C24H28N2O4/c27-23(21-15-19-3-1-2-4-22(19)30-24(21)28)26(8-7-25-9-11-29-12-10-25)16-20-14-17-5-6-18(20)13-17/h1-6,15,17-18,20H,7-14,16H2/p+1/t17-,18-,20+/m0/s1. The molecule has 0 radical (unpaired) electrons. The van der Waals surface area contributed by atoms with Crippen LogP contribution in [0.15, 0.2) is 51.7 Å². The number of benzene rings is 1. The fourth-order valence-corrected chi connectivity index (χ4v) is 5.25. The predicted molar refractivity (Wildman–Crippen MR) is 114 cm³/mol. The minimum absolute atomic E-state index is 0.143. The zero-order chi connectivity index (χ0) is 20.5. The van der Waals surface area contributed by atoms with Gasteiger partial charge in [-0.25, -0.2) is 4.79 Å². The molecule has 6 heteroatoms. The Morgan fingerprint density at radius 3 is 2.73 bits per heavy atom. The summed E-state index contributed by atoms with van der Waals surface area (Å²) >= 11 is 0. The average molecular weight is 410 g/mol. The lowest BCUT2D eigenvalue weighted by Crippen LogP contribution is -3.14. The maximum Gasteiger partial charge on any atom is 0.349 e. The van der Waals surface area contributed by atoms with Crippen molar-refractivity contribution in [3.8, 4) is 0 Å². The van der Waals surface area contributed by atoms with E-state index in [9.17, 15) is 9.59 Å². The van der Waals surface area contributed by atoms with Gasteiger partial charge in [-0.15, -0.1) is 0 Å². The van der Waals surface area contributed by atoms with Crippen LogP contribution in [0.5, 0.6) is 0 Å². The molecule has 158 valence electrons. The number of hydrogen-bond acceptors (Lipinski definition) is 4. The fraction of sp³-hybridized carbons (Fsp3) is 0.500. The third-order valence-corrected chi connectivity index (χ3v) is 6.97. The zero-order valence-electron chi connectivity index (χ0n) is 17.2. The van der Waals surface area contributed by atoms with Gasteiger partial charge in [0.2, 0.25) is 0 Å². The summed E-state index contributed by atoms with van der Waals surface area (Å²) in [4.78, 5) is 29.5. The number of carbonyl (C=O) groups excluding carboxylic acids is 1. The van der Waals surface area contributed by atoms with E-state index in [0.717, 1.165) is 44.7 Å². The summed E-state index contributed by atoms with van der Waals surface area (Å²) in [6.07, 6.45) is 6.99. The number of rotatable bonds is 6. The van der Waals surface area contributed by atoms with Crippen LogP contribution < -0.4 is 10.5 Å². The van der Waals surface area contributed by atoms with E-state index in [1.807, 2.05) is 23.1 Å². The number of quaternary nitrogens is 1. The molecular weight excluding hydrogens is 380 g/mol. The second kappa shape index (κ2) is 8.36. The maximum atomic E-state index is 13.5. The number of amides is 1. The van der Waals surface area contributed by atoms with Crippen molar-refractivity contribution in [1.29, 1.82) is 0 Å². The van der Waals surface area contributed by atoms with Crippen molar-refractivity contribution in [2.45, 2.75) is 12.8 Å². The largest absolute Gasteiger partial charge is 0.422 e. The zero-order valence-corrected chi connectivity index (χ0v) is 17.2. The predicted octanol–water partition coefficient (Wildman–Crippen LogP) is 1.36. The van der Waals surface area contributed by atoms with Gasteiger partial charge < -0.3 is 19.0 Å². The van der Waals surface area contributed by atoms with Crippen LogP contribution in [0.3, 0.4) is 0 Å². The highest BCUT2D eigenvalue weighted by Crippen LogP contribution is 2.43. The summed E-state index contributed by atoms with van der Waals surface area (Å²) < 4.78 is 10.9. The van der Waals surface area contributed by atoms with Gasteiger partial charge in [-0.2, -0.15) is 0 Å². The lowest BCUT2D eigenvalue weighted by molar-refractivity contribution is -0.907. The molecule has 5 rings (SSSR count). The lowest BCUT2D eigenvalue weighted by Gasteiger charge is -2.31. The molecule has 1 aromatic carbocycles. The van der Waals surface area contributed by atoms with E-state index in [4.69, 9.17) is 9.15 Å². The van der Waals surface area contributed by atoms with Gasteiger partial charge in [-0.1, -0.05) is 30.4 Å². The molecule has 2 aromatic rings. The summed E-state index contributed by atoms with van der Waals surface area (Å²) in [5.41, 5.74) is 0.112. The van der Waals surface area contributed by atoms with Crippen LogP contribution in [0.4, 0.5) is 0 Å². The number of allylic oxidation sites excluding steroid dienone is 2. The third kappa shape index (κ3) is 3.94. The van der Waals surface area contributed by atoms with Crippen LogP contribution in [-0.4, -0.2) is 56.7 Å². The first-order valence-corrected chi connectivity index (χ1v) is 11.1. The molecule has 0 spiro atoms. The van der Waals surface area contributed by atoms with Crippen molar-refractivity contribution < 1.29 is 18.8 Å². The van der Waals surface area contributed by atoms with Gasteiger partial charge in [-0.05, 0) is 42.7 Å². The topological polar surface area (TPSA) is 64.2 Å². The maximum absolute atomic E-state index is 13.5. The highest BCUT2D eigenvalue weighted by atomic mass is 16.5. The number of hydrogen-bond donors (Lipinski definition) is 1. The Bertz CT molecular complexity index is 1010. The molecule has 3 aliphatic rings. The number of ether oxygens (including phenoxy) is 1.